The summed E-state index contributed by atoms with van der Waals surface area (Å²) in [7, 11) is 1.91. The number of thiocarbonyl (C=S) groups is 1. The molecular formula is C18H17N3S. The van der Waals surface area contributed by atoms with Gasteiger partial charge in [-0.2, -0.15) is 0 Å². The molecule has 3 nitrogen and oxygen atoms in total. The normalized spacial score (nSPS) is 12.0. The Morgan fingerprint density at radius 1 is 1.05 bits per heavy atom. The van der Waals surface area contributed by atoms with Gasteiger partial charge in [-0.3, -0.25) is 4.98 Å². The summed E-state index contributed by atoms with van der Waals surface area (Å²) in [5, 5.41) is 8.85. The van der Waals surface area contributed by atoms with Crippen LogP contribution in [0, 0.1) is 0 Å². The second-order valence-corrected chi connectivity index (χ2v) is 5.50. The van der Waals surface area contributed by atoms with E-state index in [1.165, 1.54) is 0 Å². The van der Waals surface area contributed by atoms with Gasteiger partial charge in [0.25, 0.3) is 0 Å². The van der Waals surface area contributed by atoms with Crippen LogP contribution in [0.25, 0.3) is 10.8 Å². The Labute approximate surface area is 135 Å². The van der Waals surface area contributed by atoms with Crippen molar-refractivity contribution in [3.63, 3.8) is 0 Å². The quantitative estimate of drug-likeness (QED) is 0.716. The van der Waals surface area contributed by atoms with E-state index in [0.29, 0.717) is 0 Å². The lowest BCUT2D eigenvalue weighted by Gasteiger charge is -2.19. The van der Waals surface area contributed by atoms with Crippen molar-refractivity contribution in [3.8, 4) is 0 Å². The van der Waals surface area contributed by atoms with E-state index in [4.69, 9.17) is 12.2 Å². The van der Waals surface area contributed by atoms with Crippen LogP contribution >= 0.6 is 12.2 Å². The molecular weight excluding hydrogens is 290 g/mol. The molecule has 0 fully saturated rings. The van der Waals surface area contributed by atoms with Crippen molar-refractivity contribution < 1.29 is 0 Å². The first-order valence-corrected chi connectivity index (χ1v) is 7.55. The molecule has 2 aromatic carbocycles. The summed E-state index contributed by atoms with van der Waals surface area (Å²) in [6, 6.07) is 18.3. The molecule has 1 heterocycles. The zero-order chi connectivity index (χ0) is 15.4. The Morgan fingerprint density at radius 3 is 2.64 bits per heavy atom. The zero-order valence-electron chi connectivity index (χ0n) is 12.3. The maximum absolute atomic E-state index is 5.58. The molecule has 1 atom stereocenters. The van der Waals surface area contributed by atoms with Gasteiger partial charge in [-0.1, -0.05) is 48.6 Å². The van der Waals surface area contributed by atoms with E-state index < -0.39 is 0 Å². The molecule has 3 rings (SSSR count). The molecule has 0 radical (unpaired) electrons. The lowest BCUT2D eigenvalue weighted by Crippen LogP contribution is -2.29. The molecule has 0 aliphatic carbocycles. The summed E-state index contributed by atoms with van der Waals surface area (Å²) in [5.74, 6) is 0. The van der Waals surface area contributed by atoms with Crippen LogP contribution in [-0.4, -0.2) is 17.0 Å². The molecule has 4 heteroatoms. The number of aromatic nitrogens is 1. The molecule has 0 bridgehead atoms. The third-order valence-corrected chi connectivity index (χ3v) is 3.93. The van der Waals surface area contributed by atoms with E-state index in [1.807, 2.05) is 49.6 Å². The largest absolute Gasteiger partial charge is 0.348 e. The van der Waals surface area contributed by atoms with Crippen molar-refractivity contribution >= 4 is 33.7 Å². The number of anilines is 1. The molecule has 1 aromatic heterocycles. The standard InChI is InChI=1S/C18H17N3S/c1-19-17(13-5-3-2-4-6-13)18(22)21-16-8-7-15-12-20-10-9-14(15)11-16/h2-12,17,19H,1H3,(H,21,22). The molecule has 110 valence electrons. The maximum Gasteiger partial charge on any atom is 0.102 e. The van der Waals surface area contributed by atoms with E-state index in [-0.39, 0.29) is 6.04 Å². The maximum atomic E-state index is 5.58. The van der Waals surface area contributed by atoms with Crippen molar-refractivity contribution in [1.29, 1.82) is 0 Å². The molecule has 3 aromatic rings. The van der Waals surface area contributed by atoms with E-state index in [0.717, 1.165) is 27.0 Å². The van der Waals surface area contributed by atoms with Gasteiger partial charge in [-0.25, -0.2) is 0 Å². The van der Waals surface area contributed by atoms with Gasteiger partial charge in [0.2, 0.25) is 0 Å². The molecule has 2 N–H and O–H groups in total. The van der Waals surface area contributed by atoms with Gasteiger partial charge in [0.1, 0.15) is 4.99 Å². The predicted octanol–water partition coefficient (Wildman–Crippen LogP) is 3.93. The van der Waals surface area contributed by atoms with Crippen molar-refractivity contribution in [1.82, 2.24) is 10.3 Å². The Morgan fingerprint density at radius 2 is 1.86 bits per heavy atom. The number of likely N-dealkylation sites (N-methyl/N-ethyl adjacent to an activating group) is 1. The second kappa shape index (κ2) is 6.64. The van der Waals surface area contributed by atoms with E-state index in [1.54, 1.807) is 6.20 Å². The van der Waals surface area contributed by atoms with Crippen LogP contribution < -0.4 is 10.6 Å². The lowest BCUT2D eigenvalue weighted by molar-refractivity contribution is 0.756. The van der Waals surface area contributed by atoms with Gasteiger partial charge < -0.3 is 10.6 Å². The first kappa shape index (κ1) is 14.6. The topological polar surface area (TPSA) is 37.0 Å². The molecule has 0 amide bonds. The number of nitrogens with one attached hydrogen (secondary N) is 2. The number of hydrogen-bond donors (Lipinski definition) is 2. The van der Waals surface area contributed by atoms with Crippen LogP contribution in [0.3, 0.4) is 0 Å². The number of benzene rings is 2. The fourth-order valence-corrected chi connectivity index (χ4v) is 2.84. The van der Waals surface area contributed by atoms with Crippen molar-refractivity contribution in [2.75, 3.05) is 12.4 Å². The average molecular weight is 307 g/mol. The minimum Gasteiger partial charge on any atom is -0.348 e. The summed E-state index contributed by atoms with van der Waals surface area (Å²) in [6.45, 7) is 0. The van der Waals surface area contributed by atoms with Crippen LogP contribution in [0.2, 0.25) is 0 Å². The zero-order valence-corrected chi connectivity index (χ0v) is 13.1. The van der Waals surface area contributed by atoms with Gasteiger partial charge >= 0.3 is 0 Å². The van der Waals surface area contributed by atoms with Gasteiger partial charge in [-0.05, 0) is 36.2 Å². The molecule has 22 heavy (non-hydrogen) atoms. The highest BCUT2D eigenvalue weighted by molar-refractivity contribution is 7.80. The van der Waals surface area contributed by atoms with Crippen molar-refractivity contribution in [2.24, 2.45) is 0 Å². The van der Waals surface area contributed by atoms with Crippen LogP contribution in [-0.2, 0) is 0 Å². The van der Waals surface area contributed by atoms with Gasteiger partial charge in [0.15, 0.2) is 0 Å². The summed E-state index contributed by atoms with van der Waals surface area (Å²) in [4.78, 5) is 4.88. The molecule has 0 spiro atoms. The lowest BCUT2D eigenvalue weighted by atomic mass is 10.1. The minimum absolute atomic E-state index is 0.00987. The molecule has 0 saturated heterocycles. The number of fused-ring (bicyclic) bond motifs is 1. The number of hydrogen-bond acceptors (Lipinski definition) is 3. The molecule has 0 aliphatic rings. The van der Waals surface area contributed by atoms with E-state index in [9.17, 15) is 0 Å². The van der Waals surface area contributed by atoms with Crippen LogP contribution in [0.5, 0.6) is 0 Å². The summed E-state index contributed by atoms with van der Waals surface area (Å²) < 4.78 is 0. The third kappa shape index (κ3) is 3.13. The highest BCUT2D eigenvalue weighted by Crippen LogP contribution is 2.21. The third-order valence-electron chi connectivity index (χ3n) is 3.59. The summed E-state index contributed by atoms with van der Waals surface area (Å²) in [5.41, 5.74) is 2.13. The fraction of sp³-hybridized carbons (Fsp3) is 0.111. The number of pyridine rings is 1. The predicted molar refractivity (Wildman–Crippen MR) is 96.2 cm³/mol. The monoisotopic (exact) mass is 307 g/mol. The van der Waals surface area contributed by atoms with Gasteiger partial charge in [0, 0.05) is 23.5 Å². The Bertz CT molecular complexity index is 786. The summed E-state index contributed by atoms with van der Waals surface area (Å²) in [6.07, 6.45) is 3.66. The first-order valence-electron chi connectivity index (χ1n) is 7.15. The second-order valence-electron chi connectivity index (χ2n) is 5.06. The molecule has 0 saturated carbocycles. The van der Waals surface area contributed by atoms with Crippen LogP contribution in [0.15, 0.2) is 67.0 Å². The smallest absolute Gasteiger partial charge is 0.102 e. The minimum atomic E-state index is -0.00987. The fourth-order valence-electron chi connectivity index (χ4n) is 2.47. The highest BCUT2D eigenvalue weighted by Gasteiger charge is 2.14. The number of nitrogens with zero attached hydrogens (tertiary/aromatic N) is 1. The highest BCUT2D eigenvalue weighted by atomic mass is 32.1. The molecule has 0 aliphatic heterocycles. The SMILES string of the molecule is CNC(C(=S)Nc1ccc2cnccc2c1)c1ccccc1. The summed E-state index contributed by atoms with van der Waals surface area (Å²) >= 11 is 5.58. The van der Waals surface area contributed by atoms with Crippen LogP contribution in [0.4, 0.5) is 5.69 Å². The van der Waals surface area contributed by atoms with Crippen LogP contribution in [0.1, 0.15) is 11.6 Å². The Kier molecular flexibility index (Phi) is 4.42. The van der Waals surface area contributed by atoms with E-state index >= 15 is 0 Å². The Hall–Kier alpha value is -2.30. The van der Waals surface area contributed by atoms with Crippen molar-refractivity contribution in [3.05, 3.63) is 72.6 Å². The van der Waals surface area contributed by atoms with E-state index in [2.05, 4.69) is 33.8 Å². The van der Waals surface area contributed by atoms with Gasteiger partial charge in [-0.15, -0.1) is 0 Å². The van der Waals surface area contributed by atoms with Crippen molar-refractivity contribution in [2.45, 2.75) is 6.04 Å². The number of rotatable bonds is 4. The van der Waals surface area contributed by atoms with Gasteiger partial charge in [0.05, 0.1) is 6.04 Å². The molecule has 1 unspecified atom stereocenters. The first-order chi connectivity index (χ1) is 10.8. The Balaban J connectivity index is 1.82. The average Bonchev–Trinajstić information content (AvgIpc) is 2.56.